The Morgan fingerprint density at radius 2 is 1.77 bits per heavy atom. The molecule has 0 bridgehead atoms. The lowest BCUT2D eigenvalue weighted by molar-refractivity contribution is 0.0949. The fourth-order valence-electron chi connectivity index (χ4n) is 2.38. The van der Waals surface area contributed by atoms with Crippen LogP contribution in [0, 0.1) is 20.8 Å². The molecule has 0 saturated heterocycles. The first-order valence-corrected chi connectivity index (χ1v) is 10.00. The van der Waals surface area contributed by atoms with Gasteiger partial charge in [0.2, 0.25) is 0 Å². The SMILES string of the molecule is Cc1ccc(S(=O)(=O)NNC(=O)c2ccc(-c3c(C)noc3C)s2)cc1. The number of hydrogen-bond donors (Lipinski definition) is 2. The first-order chi connectivity index (χ1) is 12.3. The molecule has 1 aromatic carbocycles. The first kappa shape index (κ1) is 18.3. The van der Waals surface area contributed by atoms with Gasteiger partial charge in [0, 0.05) is 4.88 Å². The van der Waals surface area contributed by atoms with Crippen molar-refractivity contribution in [1.29, 1.82) is 0 Å². The average molecular weight is 391 g/mol. The largest absolute Gasteiger partial charge is 0.361 e. The van der Waals surface area contributed by atoms with Gasteiger partial charge in [0.25, 0.3) is 15.9 Å². The Morgan fingerprint density at radius 1 is 1.08 bits per heavy atom. The van der Waals surface area contributed by atoms with Gasteiger partial charge in [-0.2, -0.15) is 0 Å². The molecule has 2 N–H and O–H groups in total. The highest BCUT2D eigenvalue weighted by atomic mass is 32.2. The lowest BCUT2D eigenvalue weighted by Gasteiger charge is -2.07. The number of nitrogens with zero attached hydrogens (tertiary/aromatic N) is 1. The molecule has 7 nitrogen and oxygen atoms in total. The van der Waals surface area contributed by atoms with Crippen LogP contribution >= 0.6 is 11.3 Å². The number of aromatic nitrogens is 1. The number of carbonyl (C=O) groups is 1. The van der Waals surface area contributed by atoms with Crippen molar-refractivity contribution in [2.24, 2.45) is 0 Å². The maximum Gasteiger partial charge on any atom is 0.276 e. The summed E-state index contributed by atoms with van der Waals surface area (Å²) in [5.41, 5.74) is 4.75. The van der Waals surface area contributed by atoms with Gasteiger partial charge < -0.3 is 4.52 Å². The molecule has 0 aliphatic heterocycles. The molecule has 3 aromatic rings. The molecule has 0 saturated carbocycles. The number of amides is 1. The summed E-state index contributed by atoms with van der Waals surface area (Å²) in [5.74, 6) is 0.125. The van der Waals surface area contributed by atoms with Crippen LogP contribution in [0.15, 0.2) is 45.8 Å². The standard InChI is InChI=1S/C17H17N3O4S2/c1-10-4-6-13(7-5-10)26(22,23)20-18-17(21)15-9-8-14(25-15)16-11(2)19-24-12(16)3/h4-9,20H,1-3H3,(H,18,21). The first-order valence-electron chi connectivity index (χ1n) is 7.70. The fourth-order valence-corrected chi connectivity index (χ4v) is 4.27. The highest BCUT2D eigenvalue weighted by Gasteiger charge is 2.18. The molecule has 2 aromatic heterocycles. The summed E-state index contributed by atoms with van der Waals surface area (Å²) in [4.78, 5) is 15.6. The normalized spacial score (nSPS) is 11.5. The monoisotopic (exact) mass is 391 g/mol. The number of hydrazine groups is 1. The number of sulfonamides is 1. The molecule has 3 rings (SSSR count). The van der Waals surface area contributed by atoms with E-state index < -0.39 is 15.9 Å². The second kappa shape index (κ2) is 7.02. The molecule has 0 fully saturated rings. The number of rotatable bonds is 5. The third kappa shape index (κ3) is 3.69. The van der Waals surface area contributed by atoms with Crippen LogP contribution in [-0.4, -0.2) is 19.5 Å². The molecular formula is C17H17N3O4S2. The minimum Gasteiger partial charge on any atom is -0.361 e. The second-order valence-electron chi connectivity index (χ2n) is 5.74. The minimum absolute atomic E-state index is 0.0750. The molecule has 26 heavy (non-hydrogen) atoms. The number of benzene rings is 1. The van der Waals surface area contributed by atoms with Gasteiger partial charge in [-0.15, -0.1) is 16.2 Å². The van der Waals surface area contributed by atoms with Crippen LogP contribution in [-0.2, 0) is 10.0 Å². The van der Waals surface area contributed by atoms with Gasteiger partial charge in [-0.3, -0.25) is 10.2 Å². The van der Waals surface area contributed by atoms with Crippen LogP contribution in [0.1, 0.15) is 26.7 Å². The number of carbonyl (C=O) groups excluding carboxylic acids is 1. The second-order valence-corrected chi connectivity index (χ2v) is 8.50. The quantitative estimate of drug-likeness (QED) is 0.651. The van der Waals surface area contributed by atoms with Crippen molar-refractivity contribution < 1.29 is 17.7 Å². The molecular weight excluding hydrogens is 374 g/mol. The summed E-state index contributed by atoms with van der Waals surface area (Å²) in [5, 5.41) is 3.89. The summed E-state index contributed by atoms with van der Waals surface area (Å²) in [6.45, 7) is 5.48. The Hall–Kier alpha value is -2.49. The van der Waals surface area contributed by atoms with Crippen molar-refractivity contribution in [3.8, 4) is 10.4 Å². The molecule has 0 radical (unpaired) electrons. The highest BCUT2D eigenvalue weighted by Crippen LogP contribution is 2.32. The van der Waals surface area contributed by atoms with E-state index in [9.17, 15) is 13.2 Å². The number of aryl methyl sites for hydroxylation is 3. The van der Waals surface area contributed by atoms with Crippen molar-refractivity contribution in [3.05, 3.63) is 58.3 Å². The summed E-state index contributed by atoms with van der Waals surface area (Å²) in [6.07, 6.45) is 0. The maximum absolute atomic E-state index is 12.3. The van der Waals surface area contributed by atoms with Gasteiger partial charge in [-0.05, 0) is 45.0 Å². The van der Waals surface area contributed by atoms with Crippen molar-refractivity contribution in [2.75, 3.05) is 0 Å². The van der Waals surface area contributed by atoms with Gasteiger partial charge in [-0.1, -0.05) is 22.9 Å². The predicted molar refractivity (Wildman–Crippen MR) is 98.3 cm³/mol. The van der Waals surface area contributed by atoms with Gasteiger partial charge in [0.05, 0.1) is 21.0 Å². The van der Waals surface area contributed by atoms with Gasteiger partial charge in [0.1, 0.15) is 5.76 Å². The Bertz CT molecular complexity index is 1030. The molecule has 9 heteroatoms. The molecule has 0 unspecified atom stereocenters. The zero-order valence-electron chi connectivity index (χ0n) is 14.4. The van der Waals surface area contributed by atoms with Crippen LogP contribution in [0.4, 0.5) is 0 Å². The topological polar surface area (TPSA) is 101 Å². The summed E-state index contributed by atoms with van der Waals surface area (Å²) in [7, 11) is -3.83. The smallest absolute Gasteiger partial charge is 0.276 e. The van der Waals surface area contributed by atoms with Crippen LogP contribution in [0.5, 0.6) is 0 Å². The molecule has 2 heterocycles. The van der Waals surface area contributed by atoms with Crippen molar-refractivity contribution in [3.63, 3.8) is 0 Å². The Balaban J connectivity index is 1.72. The van der Waals surface area contributed by atoms with Gasteiger partial charge in [0.15, 0.2) is 0 Å². The number of nitrogens with one attached hydrogen (secondary N) is 2. The van der Waals surface area contributed by atoms with Crippen molar-refractivity contribution >= 4 is 27.3 Å². The third-order valence-electron chi connectivity index (χ3n) is 3.74. The minimum atomic E-state index is -3.83. The van der Waals surface area contributed by atoms with E-state index in [1.807, 2.05) is 13.8 Å². The molecule has 0 atom stereocenters. The van der Waals surface area contributed by atoms with Gasteiger partial charge >= 0.3 is 0 Å². The van der Waals surface area contributed by atoms with Gasteiger partial charge in [-0.25, -0.2) is 8.42 Å². The van der Waals surface area contributed by atoms with E-state index in [0.717, 1.165) is 21.7 Å². The van der Waals surface area contributed by atoms with E-state index in [2.05, 4.69) is 15.4 Å². The van der Waals surface area contributed by atoms with Crippen LogP contribution in [0.2, 0.25) is 0 Å². The van der Waals surface area contributed by atoms with E-state index >= 15 is 0 Å². The van der Waals surface area contributed by atoms with Crippen molar-refractivity contribution in [1.82, 2.24) is 15.4 Å². The van der Waals surface area contributed by atoms with E-state index in [4.69, 9.17) is 4.52 Å². The summed E-state index contributed by atoms with van der Waals surface area (Å²) >= 11 is 1.23. The fraction of sp³-hybridized carbons (Fsp3) is 0.176. The predicted octanol–water partition coefficient (Wildman–Crippen LogP) is 2.95. The molecule has 1 amide bonds. The van der Waals surface area contributed by atoms with E-state index in [0.29, 0.717) is 10.6 Å². The summed E-state index contributed by atoms with van der Waals surface area (Å²) < 4.78 is 29.6. The average Bonchev–Trinajstić information content (AvgIpc) is 3.20. The molecule has 136 valence electrons. The maximum atomic E-state index is 12.3. The zero-order valence-corrected chi connectivity index (χ0v) is 16.0. The number of hydrogen-bond acceptors (Lipinski definition) is 6. The Morgan fingerprint density at radius 3 is 2.38 bits per heavy atom. The molecule has 0 aliphatic carbocycles. The van der Waals surface area contributed by atoms with E-state index in [-0.39, 0.29) is 4.90 Å². The highest BCUT2D eigenvalue weighted by molar-refractivity contribution is 7.89. The lowest BCUT2D eigenvalue weighted by atomic mass is 10.2. The van der Waals surface area contributed by atoms with E-state index in [1.165, 1.54) is 23.5 Å². The zero-order chi connectivity index (χ0) is 18.9. The van der Waals surface area contributed by atoms with Crippen molar-refractivity contribution in [2.45, 2.75) is 25.7 Å². The lowest BCUT2D eigenvalue weighted by Crippen LogP contribution is -2.41. The van der Waals surface area contributed by atoms with E-state index in [1.54, 1.807) is 31.2 Å². The third-order valence-corrected chi connectivity index (χ3v) is 6.10. The van der Waals surface area contributed by atoms with Crippen LogP contribution < -0.4 is 10.3 Å². The Kier molecular flexibility index (Phi) is 4.94. The Labute approximate surface area is 155 Å². The number of thiophene rings is 1. The van der Waals surface area contributed by atoms with Crippen LogP contribution in [0.3, 0.4) is 0 Å². The molecule has 0 aliphatic rings. The molecule has 0 spiro atoms. The summed E-state index contributed by atoms with van der Waals surface area (Å²) in [6, 6.07) is 9.73. The van der Waals surface area contributed by atoms with Crippen LogP contribution in [0.25, 0.3) is 10.4 Å².